The number of benzene rings is 4. The van der Waals surface area contributed by atoms with E-state index in [-0.39, 0.29) is 0 Å². The number of rotatable bonds is 16. The van der Waals surface area contributed by atoms with Crippen LogP contribution in [0, 0.1) is 13.8 Å². The van der Waals surface area contributed by atoms with E-state index in [4.69, 9.17) is 9.47 Å². The molecule has 2 nitrogen and oxygen atoms in total. The van der Waals surface area contributed by atoms with E-state index in [1.807, 2.05) is 0 Å². The number of unbranched alkanes of at least 4 members (excludes halogenated alkanes) is 6. The second-order valence-electron chi connectivity index (χ2n) is 11.4. The fourth-order valence-corrected chi connectivity index (χ4v) is 5.10. The normalized spacial score (nSPS) is 11.6. The van der Waals surface area contributed by atoms with Crippen molar-refractivity contribution >= 4 is 35.1 Å². The Morgan fingerprint density at radius 3 is 1.24 bits per heavy atom. The van der Waals surface area contributed by atoms with Crippen LogP contribution in [0.4, 0.5) is 0 Å². The van der Waals surface area contributed by atoms with E-state index in [9.17, 15) is 0 Å². The van der Waals surface area contributed by atoms with Crippen LogP contribution in [0.15, 0.2) is 72.8 Å². The first-order valence-electron chi connectivity index (χ1n) is 15.9. The van der Waals surface area contributed by atoms with Crippen molar-refractivity contribution in [2.75, 3.05) is 13.2 Å². The van der Waals surface area contributed by atoms with Crippen LogP contribution in [0.25, 0.3) is 35.1 Å². The molecule has 0 heterocycles. The predicted octanol–water partition coefficient (Wildman–Crippen LogP) is 11.7. The molecule has 0 spiro atoms. The minimum absolute atomic E-state index is 0.715. The molecule has 0 amide bonds. The molecule has 0 aliphatic heterocycles. The highest BCUT2D eigenvalue weighted by atomic mass is 16.5. The monoisotopic (exact) mass is 560 g/mol. The molecule has 0 bridgehead atoms. The predicted molar refractivity (Wildman–Crippen MR) is 183 cm³/mol. The maximum absolute atomic E-state index is 6.57. The topological polar surface area (TPSA) is 18.5 Å². The molecule has 0 unspecified atom stereocenters. The number of aryl methyl sites for hydroxylation is 2. The van der Waals surface area contributed by atoms with Crippen molar-refractivity contribution in [3.8, 4) is 11.5 Å². The molecular weight excluding hydrogens is 512 g/mol. The lowest BCUT2D eigenvalue weighted by Crippen LogP contribution is -2.02. The number of fused-ring (bicyclic) bond motifs is 1. The summed E-state index contributed by atoms with van der Waals surface area (Å²) in [6.45, 7) is 10.2. The maximum atomic E-state index is 6.57. The van der Waals surface area contributed by atoms with Crippen LogP contribution in [0.1, 0.15) is 98.6 Å². The summed E-state index contributed by atoms with van der Waals surface area (Å²) < 4.78 is 13.1. The van der Waals surface area contributed by atoms with Crippen molar-refractivity contribution in [2.45, 2.75) is 79.1 Å². The largest absolute Gasteiger partial charge is 0.492 e. The molecule has 4 aromatic rings. The van der Waals surface area contributed by atoms with Crippen molar-refractivity contribution in [3.05, 3.63) is 106 Å². The lowest BCUT2D eigenvalue weighted by Gasteiger charge is -2.17. The summed E-state index contributed by atoms with van der Waals surface area (Å²) in [6, 6.07) is 26.0. The van der Waals surface area contributed by atoms with Gasteiger partial charge in [-0.15, -0.1) is 0 Å². The summed E-state index contributed by atoms with van der Waals surface area (Å²) >= 11 is 0. The van der Waals surface area contributed by atoms with Crippen molar-refractivity contribution in [1.82, 2.24) is 0 Å². The van der Waals surface area contributed by atoms with Crippen molar-refractivity contribution < 1.29 is 9.47 Å². The van der Waals surface area contributed by atoms with Gasteiger partial charge in [0.05, 0.1) is 13.2 Å². The number of ether oxygens (including phenoxy) is 2. The van der Waals surface area contributed by atoms with Crippen LogP contribution in [-0.4, -0.2) is 13.2 Å². The lowest BCUT2D eigenvalue weighted by molar-refractivity contribution is 0.305. The van der Waals surface area contributed by atoms with E-state index >= 15 is 0 Å². The van der Waals surface area contributed by atoms with Gasteiger partial charge >= 0.3 is 0 Å². The Morgan fingerprint density at radius 2 is 0.857 bits per heavy atom. The van der Waals surface area contributed by atoms with E-state index in [0.717, 1.165) is 46.2 Å². The third-order valence-corrected chi connectivity index (χ3v) is 7.72. The van der Waals surface area contributed by atoms with Crippen LogP contribution in [0.3, 0.4) is 0 Å². The molecule has 0 aliphatic rings. The van der Waals surface area contributed by atoms with E-state index in [0.29, 0.717) is 13.2 Å². The zero-order chi connectivity index (χ0) is 29.6. The van der Waals surface area contributed by atoms with Crippen LogP contribution >= 0.6 is 0 Å². The van der Waals surface area contributed by atoms with Gasteiger partial charge in [-0.3, -0.25) is 0 Å². The average Bonchev–Trinajstić information content (AvgIpc) is 3.01. The molecule has 4 rings (SSSR count). The first-order valence-corrected chi connectivity index (χ1v) is 15.9. The third-order valence-electron chi connectivity index (χ3n) is 7.72. The van der Waals surface area contributed by atoms with Gasteiger partial charge in [0.25, 0.3) is 0 Å². The first-order chi connectivity index (χ1) is 20.6. The molecule has 42 heavy (non-hydrogen) atoms. The molecule has 0 fully saturated rings. The van der Waals surface area contributed by atoms with E-state index in [1.54, 1.807) is 0 Å². The summed E-state index contributed by atoms with van der Waals surface area (Å²) in [5.74, 6) is 1.88. The molecule has 0 N–H and O–H groups in total. The fraction of sp³-hybridized carbons (Fsp3) is 0.350. The Kier molecular flexibility index (Phi) is 12.3. The van der Waals surface area contributed by atoms with E-state index in [2.05, 4.69) is 125 Å². The van der Waals surface area contributed by atoms with Crippen molar-refractivity contribution in [3.63, 3.8) is 0 Å². The molecular formula is C40H48O2. The second-order valence-corrected chi connectivity index (χ2v) is 11.4. The van der Waals surface area contributed by atoms with Gasteiger partial charge in [0.1, 0.15) is 11.5 Å². The number of hydrogen-bond donors (Lipinski definition) is 0. The van der Waals surface area contributed by atoms with E-state index < -0.39 is 0 Å². The van der Waals surface area contributed by atoms with Crippen LogP contribution in [0.2, 0.25) is 0 Å². The Bertz CT molecular complexity index is 1330. The smallest absolute Gasteiger partial charge is 0.134 e. The van der Waals surface area contributed by atoms with Gasteiger partial charge in [-0.1, -0.05) is 148 Å². The Balaban J connectivity index is 1.72. The van der Waals surface area contributed by atoms with E-state index in [1.165, 1.54) is 60.8 Å². The summed E-state index contributed by atoms with van der Waals surface area (Å²) in [4.78, 5) is 0. The average molecular weight is 561 g/mol. The van der Waals surface area contributed by atoms with Crippen molar-refractivity contribution in [2.24, 2.45) is 0 Å². The molecule has 0 radical (unpaired) electrons. The highest BCUT2D eigenvalue weighted by Crippen LogP contribution is 2.39. The minimum Gasteiger partial charge on any atom is -0.492 e. The van der Waals surface area contributed by atoms with Gasteiger partial charge in [-0.2, -0.15) is 0 Å². The Hall–Kier alpha value is -3.78. The van der Waals surface area contributed by atoms with Gasteiger partial charge < -0.3 is 9.47 Å². The van der Waals surface area contributed by atoms with Crippen molar-refractivity contribution in [1.29, 1.82) is 0 Å². The van der Waals surface area contributed by atoms with Crippen LogP contribution < -0.4 is 9.47 Å². The Labute approximate surface area is 254 Å². The highest BCUT2D eigenvalue weighted by Gasteiger charge is 2.14. The summed E-state index contributed by atoms with van der Waals surface area (Å²) in [5, 5.41) is 2.21. The van der Waals surface area contributed by atoms with Gasteiger partial charge in [0.2, 0.25) is 0 Å². The highest BCUT2D eigenvalue weighted by molar-refractivity contribution is 5.99. The van der Waals surface area contributed by atoms with Gasteiger partial charge in [-0.25, -0.2) is 0 Å². The quantitative estimate of drug-likeness (QED) is 0.100. The standard InChI is InChI=1S/C40H48O2/c1-5-7-9-11-29-41-39-35(23-21-33-17-13-31(3)14-18-33)25-28-38-37(39)27-26-36(40(38)42-30-12-10-8-6-2)24-22-34-19-15-32(4)16-20-34/h13-28H,5-12,29-30H2,1-4H3/b23-21+,24-22+. The molecule has 0 aliphatic carbocycles. The van der Waals surface area contributed by atoms with Gasteiger partial charge in [0.15, 0.2) is 0 Å². The maximum Gasteiger partial charge on any atom is 0.134 e. The minimum atomic E-state index is 0.715. The summed E-state index contributed by atoms with van der Waals surface area (Å²) in [7, 11) is 0. The zero-order valence-corrected chi connectivity index (χ0v) is 26.1. The molecule has 0 aromatic heterocycles. The molecule has 4 aromatic carbocycles. The number of hydrogen-bond acceptors (Lipinski definition) is 2. The Morgan fingerprint density at radius 1 is 0.452 bits per heavy atom. The fourth-order valence-electron chi connectivity index (χ4n) is 5.10. The van der Waals surface area contributed by atoms with Crippen LogP contribution in [0.5, 0.6) is 11.5 Å². The molecule has 0 atom stereocenters. The molecule has 0 saturated heterocycles. The zero-order valence-electron chi connectivity index (χ0n) is 26.1. The SMILES string of the molecule is CCCCCCOc1c(/C=C/c2ccc(C)cc2)ccc2c(OCCCCCC)c(/C=C/c3ccc(C)cc3)ccc12. The molecule has 2 heteroatoms. The molecule has 220 valence electrons. The summed E-state index contributed by atoms with van der Waals surface area (Å²) in [5.41, 5.74) is 7.09. The van der Waals surface area contributed by atoms with Gasteiger partial charge in [-0.05, 0) is 49.9 Å². The van der Waals surface area contributed by atoms with Crippen LogP contribution in [-0.2, 0) is 0 Å². The third kappa shape index (κ3) is 9.11. The first kappa shape index (κ1) is 31.2. The summed E-state index contributed by atoms with van der Waals surface area (Å²) in [6.07, 6.45) is 18.1. The lowest BCUT2D eigenvalue weighted by atomic mass is 9.99. The second kappa shape index (κ2) is 16.6. The van der Waals surface area contributed by atoms with Gasteiger partial charge in [0, 0.05) is 21.9 Å². The molecule has 0 saturated carbocycles.